The molecule has 6 heteroatoms. The lowest BCUT2D eigenvalue weighted by atomic mass is 10.0. The Labute approximate surface area is 556 Å². The van der Waals surface area contributed by atoms with E-state index in [2.05, 4.69) is 67.8 Å². The van der Waals surface area contributed by atoms with Crippen molar-refractivity contribution in [2.24, 2.45) is 0 Å². The SMILES string of the molecule is CCCCC/C=C\C/C=C\CCCCCCCCCCCC(=O)OCCCCCCCCCCC/C=C\C/C=C\CCCCCCCCCCCCCCCCCC(=O)NC(CO)C(O)/C=C/CCCCCCCCCCCCCCCCCCCCCC. The predicted molar refractivity (Wildman–Crippen MR) is 393 cm³/mol. The van der Waals surface area contributed by atoms with Crippen molar-refractivity contribution in [1.29, 1.82) is 0 Å². The van der Waals surface area contributed by atoms with Gasteiger partial charge in [-0.3, -0.25) is 9.59 Å². The van der Waals surface area contributed by atoms with E-state index in [-0.39, 0.29) is 18.5 Å². The first-order chi connectivity index (χ1) is 44.0. The van der Waals surface area contributed by atoms with Gasteiger partial charge in [0.2, 0.25) is 5.91 Å². The zero-order valence-corrected chi connectivity index (χ0v) is 59.9. The fourth-order valence-corrected chi connectivity index (χ4v) is 12.4. The molecule has 0 aromatic rings. The molecule has 0 rings (SSSR count). The topological polar surface area (TPSA) is 95.9 Å². The summed E-state index contributed by atoms with van der Waals surface area (Å²) in [5.74, 6) is -0.0541. The summed E-state index contributed by atoms with van der Waals surface area (Å²) in [6.45, 7) is 4.91. The van der Waals surface area contributed by atoms with Crippen LogP contribution in [-0.2, 0) is 14.3 Å². The van der Waals surface area contributed by atoms with E-state index in [4.69, 9.17) is 4.74 Å². The molecule has 0 heterocycles. The summed E-state index contributed by atoms with van der Waals surface area (Å²) in [4.78, 5) is 24.7. The van der Waals surface area contributed by atoms with Gasteiger partial charge >= 0.3 is 5.97 Å². The standard InChI is InChI=1S/C83H155NO5/c1-3-5-7-9-11-13-15-17-19-21-23-24-36-40-43-47-51-55-59-63-67-71-75-81(86)80(79-85)84-82(87)76-72-68-64-60-56-52-48-44-41-37-34-32-30-28-26-25-27-29-31-33-35-38-42-46-50-54-58-62-66-70-74-78-89-83(88)77-73-69-65-61-57-53-49-45-39-22-20-18-16-14-12-10-8-6-4-2/h12,14,18,20,27,29,33,35,71,75,80-81,85-86H,3-11,13,15-17,19,21-26,28,30-32,34,36-70,72-74,76-79H2,1-2H3,(H,84,87)/b14-12-,20-18-,29-27-,35-33-,75-71+. The first-order valence-electron chi connectivity index (χ1n) is 40.1. The van der Waals surface area contributed by atoms with Crippen LogP contribution in [0.3, 0.4) is 0 Å². The molecule has 0 fully saturated rings. The van der Waals surface area contributed by atoms with Crippen LogP contribution in [0.4, 0.5) is 0 Å². The molecule has 2 atom stereocenters. The molecule has 0 saturated carbocycles. The monoisotopic (exact) mass is 1250 g/mol. The number of nitrogens with one attached hydrogen (secondary N) is 1. The number of ether oxygens (including phenoxy) is 1. The number of allylic oxidation sites excluding steroid dienone is 9. The summed E-state index contributed by atoms with van der Waals surface area (Å²) in [6, 6.07) is -0.630. The van der Waals surface area contributed by atoms with Crippen LogP contribution in [0.2, 0.25) is 0 Å². The van der Waals surface area contributed by atoms with Gasteiger partial charge in [-0.2, -0.15) is 0 Å². The Morgan fingerprint density at radius 1 is 0.315 bits per heavy atom. The average molecular weight is 1250 g/mol. The fourth-order valence-electron chi connectivity index (χ4n) is 12.4. The molecule has 0 saturated heterocycles. The molecule has 2 unspecified atom stereocenters. The van der Waals surface area contributed by atoms with Gasteiger partial charge in [0.1, 0.15) is 0 Å². The van der Waals surface area contributed by atoms with Crippen molar-refractivity contribution < 1.29 is 24.5 Å². The van der Waals surface area contributed by atoms with Gasteiger partial charge in [-0.15, -0.1) is 0 Å². The molecule has 0 aliphatic heterocycles. The van der Waals surface area contributed by atoms with Gasteiger partial charge in [0, 0.05) is 12.8 Å². The van der Waals surface area contributed by atoms with Crippen LogP contribution >= 0.6 is 0 Å². The van der Waals surface area contributed by atoms with Crippen molar-refractivity contribution in [3.8, 4) is 0 Å². The fraction of sp³-hybridized carbons (Fsp3) is 0.855. The van der Waals surface area contributed by atoms with Gasteiger partial charge in [0.05, 0.1) is 25.4 Å². The minimum Gasteiger partial charge on any atom is -0.466 e. The van der Waals surface area contributed by atoms with E-state index in [1.54, 1.807) is 6.08 Å². The summed E-state index contributed by atoms with van der Waals surface area (Å²) in [5, 5.41) is 23.3. The number of amides is 1. The Balaban J connectivity index is 3.41. The lowest BCUT2D eigenvalue weighted by Gasteiger charge is -2.20. The second-order valence-corrected chi connectivity index (χ2v) is 27.4. The highest BCUT2D eigenvalue weighted by Crippen LogP contribution is 2.19. The van der Waals surface area contributed by atoms with Crippen LogP contribution < -0.4 is 5.32 Å². The number of carbonyl (C=O) groups excluding carboxylic acids is 2. The predicted octanol–water partition coefficient (Wildman–Crippen LogP) is 26.5. The maximum atomic E-state index is 12.5. The number of aliphatic hydroxyl groups excluding tert-OH is 2. The third kappa shape index (κ3) is 74.5. The van der Waals surface area contributed by atoms with Crippen molar-refractivity contribution >= 4 is 11.9 Å². The number of carbonyl (C=O) groups is 2. The number of aliphatic hydroxyl groups is 2. The highest BCUT2D eigenvalue weighted by Gasteiger charge is 2.18. The quantitative estimate of drug-likeness (QED) is 0.0320. The molecule has 0 aliphatic carbocycles. The Hall–Kier alpha value is -2.44. The lowest BCUT2D eigenvalue weighted by molar-refractivity contribution is -0.143. The number of hydrogen-bond donors (Lipinski definition) is 3. The Morgan fingerprint density at radius 3 is 0.876 bits per heavy atom. The van der Waals surface area contributed by atoms with Crippen LogP contribution in [0, 0.1) is 0 Å². The van der Waals surface area contributed by atoms with E-state index < -0.39 is 12.1 Å². The molecule has 0 aromatic heterocycles. The van der Waals surface area contributed by atoms with E-state index in [1.165, 1.54) is 347 Å². The third-order valence-electron chi connectivity index (χ3n) is 18.5. The Morgan fingerprint density at radius 2 is 0.562 bits per heavy atom. The zero-order chi connectivity index (χ0) is 64.2. The van der Waals surface area contributed by atoms with Crippen molar-refractivity contribution in [2.45, 2.75) is 443 Å². The average Bonchev–Trinajstić information content (AvgIpc) is 3.68. The molecule has 1 amide bonds. The smallest absolute Gasteiger partial charge is 0.305 e. The van der Waals surface area contributed by atoms with Crippen molar-refractivity contribution in [2.75, 3.05) is 13.2 Å². The highest BCUT2D eigenvalue weighted by atomic mass is 16.5. The Bertz CT molecular complexity index is 1530. The number of rotatable bonds is 75. The minimum absolute atomic E-state index is 0.00944. The number of esters is 1. The minimum atomic E-state index is -0.846. The zero-order valence-electron chi connectivity index (χ0n) is 59.9. The van der Waals surface area contributed by atoms with E-state index in [0.717, 1.165) is 57.8 Å². The maximum Gasteiger partial charge on any atom is 0.305 e. The summed E-state index contributed by atoms with van der Waals surface area (Å²) in [6.07, 6.45) is 105. The molecular weight excluding hydrogens is 1090 g/mol. The molecule has 0 aliphatic rings. The van der Waals surface area contributed by atoms with Gasteiger partial charge < -0.3 is 20.3 Å². The molecule has 6 nitrogen and oxygen atoms in total. The maximum absolute atomic E-state index is 12.5. The van der Waals surface area contributed by atoms with Crippen molar-refractivity contribution in [3.05, 3.63) is 60.8 Å². The molecule has 0 aromatic carbocycles. The molecule has 522 valence electrons. The van der Waals surface area contributed by atoms with Gasteiger partial charge in [-0.05, 0) is 96.3 Å². The van der Waals surface area contributed by atoms with Crippen LogP contribution in [0.1, 0.15) is 431 Å². The largest absolute Gasteiger partial charge is 0.466 e. The van der Waals surface area contributed by atoms with E-state index in [1.807, 2.05) is 6.08 Å². The summed E-state index contributed by atoms with van der Waals surface area (Å²) < 4.78 is 5.51. The van der Waals surface area contributed by atoms with E-state index >= 15 is 0 Å². The molecule has 3 N–H and O–H groups in total. The van der Waals surface area contributed by atoms with Gasteiger partial charge in [0.25, 0.3) is 0 Å². The summed E-state index contributed by atoms with van der Waals surface area (Å²) >= 11 is 0. The molecule has 89 heavy (non-hydrogen) atoms. The number of hydrogen-bond acceptors (Lipinski definition) is 5. The molecular formula is C83H155NO5. The van der Waals surface area contributed by atoms with Crippen LogP contribution in [0.5, 0.6) is 0 Å². The summed E-state index contributed by atoms with van der Waals surface area (Å²) in [7, 11) is 0. The molecule has 0 bridgehead atoms. The highest BCUT2D eigenvalue weighted by molar-refractivity contribution is 5.76. The van der Waals surface area contributed by atoms with Crippen molar-refractivity contribution in [1.82, 2.24) is 5.32 Å². The van der Waals surface area contributed by atoms with Crippen molar-refractivity contribution in [3.63, 3.8) is 0 Å². The van der Waals surface area contributed by atoms with Crippen LogP contribution in [0.15, 0.2) is 60.8 Å². The Kier molecular flexibility index (Phi) is 75.9. The van der Waals surface area contributed by atoms with Gasteiger partial charge in [-0.1, -0.05) is 383 Å². The number of unbranched alkanes of at least 4 members (excludes halogenated alkanes) is 56. The normalized spacial score (nSPS) is 12.8. The van der Waals surface area contributed by atoms with Gasteiger partial charge in [0.15, 0.2) is 0 Å². The van der Waals surface area contributed by atoms with Crippen LogP contribution in [-0.4, -0.2) is 47.4 Å². The first kappa shape index (κ1) is 86.6. The van der Waals surface area contributed by atoms with Gasteiger partial charge in [-0.25, -0.2) is 0 Å². The molecule has 0 radical (unpaired) electrons. The third-order valence-corrected chi connectivity index (χ3v) is 18.5. The second-order valence-electron chi connectivity index (χ2n) is 27.4. The summed E-state index contributed by atoms with van der Waals surface area (Å²) in [5.41, 5.74) is 0. The lowest BCUT2D eigenvalue weighted by Crippen LogP contribution is -2.45. The second kappa shape index (κ2) is 78.0. The van der Waals surface area contributed by atoms with Crippen LogP contribution in [0.25, 0.3) is 0 Å². The molecule has 0 spiro atoms. The van der Waals surface area contributed by atoms with E-state index in [0.29, 0.717) is 19.4 Å². The van der Waals surface area contributed by atoms with E-state index in [9.17, 15) is 19.8 Å². The first-order valence-corrected chi connectivity index (χ1v) is 40.1.